The van der Waals surface area contributed by atoms with Gasteiger partial charge in [0.25, 0.3) is 0 Å². The molecule has 1 atom stereocenters. The smallest absolute Gasteiger partial charge is 0.326 e. The molecule has 0 aliphatic rings. The number of carboxylic acid groups (broad SMARTS) is 1. The summed E-state index contributed by atoms with van der Waals surface area (Å²) < 4.78 is 0. The summed E-state index contributed by atoms with van der Waals surface area (Å²) >= 11 is 0. The Morgan fingerprint density at radius 1 is 1.44 bits per heavy atom. The third-order valence-corrected chi connectivity index (χ3v) is 2.93. The van der Waals surface area contributed by atoms with Crippen molar-refractivity contribution < 1.29 is 9.90 Å². The van der Waals surface area contributed by atoms with Crippen molar-refractivity contribution in [2.75, 3.05) is 5.32 Å². The van der Waals surface area contributed by atoms with Gasteiger partial charge in [-0.15, -0.1) is 0 Å². The molecule has 4 heteroatoms. The van der Waals surface area contributed by atoms with Crippen molar-refractivity contribution in [3.63, 3.8) is 0 Å². The fourth-order valence-electron chi connectivity index (χ4n) is 1.87. The maximum Gasteiger partial charge on any atom is 0.326 e. The Morgan fingerprint density at radius 3 is 2.83 bits per heavy atom. The largest absolute Gasteiger partial charge is 0.480 e. The first-order valence-corrected chi connectivity index (χ1v) is 5.97. The number of fused-ring (bicyclic) bond motifs is 1. The Bertz CT molecular complexity index is 581. The molecule has 1 unspecified atom stereocenters. The number of rotatable bonds is 4. The quantitative estimate of drug-likeness (QED) is 0.868. The summed E-state index contributed by atoms with van der Waals surface area (Å²) in [4.78, 5) is 15.5. The molecule has 1 heterocycles. The Morgan fingerprint density at radius 2 is 2.17 bits per heavy atom. The predicted molar refractivity (Wildman–Crippen MR) is 71.8 cm³/mol. The van der Waals surface area contributed by atoms with Gasteiger partial charge in [-0.25, -0.2) is 9.78 Å². The van der Waals surface area contributed by atoms with E-state index in [9.17, 15) is 4.79 Å². The van der Waals surface area contributed by atoms with E-state index < -0.39 is 12.0 Å². The average molecular weight is 244 g/mol. The van der Waals surface area contributed by atoms with Crippen LogP contribution in [-0.4, -0.2) is 22.1 Å². The normalized spacial score (nSPS) is 12.3. The van der Waals surface area contributed by atoms with Gasteiger partial charge in [-0.1, -0.05) is 25.1 Å². The van der Waals surface area contributed by atoms with E-state index >= 15 is 0 Å². The molecule has 0 aliphatic heterocycles. The zero-order chi connectivity index (χ0) is 13.1. The SMILES string of the molecule is CCC(Nc1nc2ccccc2cc1C)C(=O)O. The summed E-state index contributed by atoms with van der Waals surface area (Å²) in [6.07, 6.45) is 0.517. The highest BCUT2D eigenvalue weighted by Gasteiger charge is 2.16. The van der Waals surface area contributed by atoms with Crippen LogP contribution < -0.4 is 5.32 Å². The van der Waals surface area contributed by atoms with Gasteiger partial charge < -0.3 is 10.4 Å². The molecule has 0 spiro atoms. The first-order chi connectivity index (χ1) is 8.61. The zero-order valence-corrected chi connectivity index (χ0v) is 10.5. The number of aryl methyl sites for hydroxylation is 1. The average Bonchev–Trinajstić information content (AvgIpc) is 2.35. The zero-order valence-electron chi connectivity index (χ0n) is 10.5. The second-order valence-electron chi connectivity index (χ2n) is 4.29. The van der Waals surface area contributed by atoms with E-state index in [1.807, 2.05) is 44.2 Å². The minimum atomic E-state index is -0.855. The van der Waals surface area contributed by atoms with Crippen LogP contribution in [0.3, 0.4) is 0 Å². The van der Waals surface area contributed by atoms with Crippen LogP contribution >= 0.6 is 0 Å². The number of aromatic nitrogens is 1. The second-order valence-corrected chi connectivity index (χ2v) is 4.29. The molecular weight excluding hydrogens is 228 g/mol. The Balaban J connectivity index is 2.38. The Kier molecular flexibility index (Phi) is 3.46. The highest BCUT2D eigenvalue weighted by Crippen LogP contribution is 2.20. The van der Waals surface area contributed by atoms with E-state index in [0.29, 0.717) is 12.2 Å². The van der Waals surface area contributed by atoms with Gasteiger partial charge in [0.15, 0.2) is 0 Å². The number of benzene rings is 1. The molecular formula is C14H16N2O2. The lowest BCUT2D eigenvalue weighted by Crippen LogP contribution is -2.29. The van der Waals surface area contributed by atoms with Crippen LogP contribution in [-0.2, 0) is 4.79 Å². The molecule has 1 aromatic heterocycles. The molecule has 0 radical (unpaired) electrons. The van der Waals surface area contributed by atoms with E-state index in [1.165, 1.54) is 0 Å². The van der Waals surface area contributed by atoms with Gasteiger partial charge in [0.2, 0.25) is 0 Å². The van der Waals surface area contributed by atoms with Gasteiger partial charge in [0.1, 0.15) is 11.9 Å². The van der Waals surface area contributed by atoms with Crippen molar-refractivity contribution in [2.45, 2.75) is 26.3 Å². The molecule has 0 saturated heterocycles. The highest BCUT2D eigenvalue weighted by atomic mass is 16.4. The molecule has 0 saturated carbocycles. The van der Waals surface area contributed by atoms with Crippen molar-refractivity contribution in [3.8, 4) is 0 Å². The summed E-state index contributed by atoms with van der Waals surface area (Å²) in [6.45, 7) is 3.76. The minimum Gasteiger partial charge on any atom is -0.480 e. The van der Waals surface area contributed by atoms with Crippen LogP contribution in [0.5, 0.6) is 0 Å². The summed E-state index contributed by atoms with van der Waals surface area (Å²) in [6, 6.07) is 9.21. The summed E-state index contributed by atoms with van der Waals surface area (Å²) in [5.41, 5.74) is 1.82. The lowest BCUT2D eigenvalue weighted by atomic mass is 10.1. The monoisotopic (exact) mass is 244 g/mol. The fourth-order valence-corrected chi connectivity index (χ4v) is 1.87. The van der Waals surface area contributed by atoms with E-state index in [0.717, 1.165) is 16.5 Å². The maximum absolute atomic E-state index is 11.0. The summed E-state index contributed by atoms with van der Waals surface area (Å²) in [5.74, 6) is -0.213. The second kappa shape index (κ2) is 5.04. The molecule has 94 valence electrons. The Labute approximate surface area is 106 Å². The fraction of sp³-hybridized carbons (Fsp3) is 0.286. The standard InChI is InChI=1S/C14H16N2O2/c1-3-11(14(17)18)15-13-9(2)8-10-6-4-5-7-12(10)16-13/h4-8,11H,3H2,1-2H3,(H,15,16)(H,17,18). The lowest BCUT2D eigenvalue weighted by Gasteiger charge is -2.15. The number of anilines is 1. The number of para-hydroxylation sites is 1. The molecule has 0 aliphatic carbocycles. The van der Waals surface area contributed by atoms with Gasteiger partial charge in [-0.2, -0.15) is 0 Å². The molecule has 1 aromatic carbocycles. The summed E-state index contributed by atoms with van der Waals surface area (Å²) in [5, 5.41) is 13.1. The van der Waals surface area contributed by atoms with Gasteiger partial charge in [0.05, 0.1) is 5.52 Å². The number of carbonyl (C=O) groups is 1. The van der Waals surface area contributed by atoms with Crippen LogP contribution in [0.4, 0.5) is 5.82 Å². The van der Waals surface area contributed by atoms with Crippen molar-refractivity contribution in [1.82, 2.24) is 4.98 Å². The van der Waals surface area contributed by atoms with E-state index in [2.05, 4.69) is 10.3 Å². The minimum absolute atomic E-state index is 0.517. The molecule has 18 heavy (non-hydrogen) atoms. The summed E-state index contributed by atoms with van der Waals surface area (Å²) in [7, 11) is 0. The Hall–Kier alpha value is -2.10. The van der Waals surface area contributed by atoms with Crippen molar-refractivity contribution in [3.05, 3.63) is 35.9 Å². The number of hydrogen-bond donors (Lipinski definition) is 2. The molecule has 0 amide bonds. The van der Waals surface area contributed by atoms with Crippen LogP contribution in [0.1, 0.15) is 18.9 Å². The molecule has 2 aromatic rings. The van der Waals surface area contributed by atoms with E-state index in [-0.39, 0.29) is 0 Å². The van der Waals surface area contributed by atoms with E-state index in [4.69, 9.17) is 5.11 Å². The maximum atomic E-state index is 11.0. The molecule has 0 fully saturated rings. The number of aliphatic carboxylic acids is 1. The predicted octanol–water partition coefficient (Wildman–Crippen LogP) is 2.82. The third-order valence-electron chi connectivity index (χ3n) is 2.93. The third kappa shape index (κ3) is 2.42. The molecule has 2 rings (SSSR count). The molecule has 2 N–H and O–H groups in total. The number of nitrogens with one attached hydrogen (secondary N) is 1. The molecule has 0 bridgehead atoms. The van der Waals surface area contributed by atoms with Crippen LogP contribution in [0.2, 0.25) is 0 Å². The van der Waals surface area contributed by atoms with Crippen molar-refractivity contribution >= 4 is 22.7 Å². The highest BCUT2D eigenvalue weighted by molar-refractivity contribution is 5.83. The number of hydrogen-bond acceptors (Lipinski definition) is 3. The lowest BCUT2D eigenvalue weighted by molar-refractivity contribution is -0.137. The number of nitrogens with zero attached hydrogens (tertiary/aromatic N) is 1. The van der Waals surface area contributed by atoms with Crippen LogP contribution in [0.15, 0.2) is 30.3 Å². The van der Waals surface area contributed by atoms with Gasteiger partial charge >= 0.3 is 5.97 Å². The van der Waals surface area contributed by atoms with Gasteiger partial charge in [-0.3, -0.25) is 0 Å². The van der Waals surface area contributed by atoms with E-state index in [1.54, 1.807) is 0 Å². The molecule has 4 nitrogen and oxygen atoms in total. The topological polar surface area (TPSA) is 62.2 Å². The number of carboxylic acids is 1. The van der Waals surface area contributed by atoms with Crippen molar-refractivity contribution in [2.24, 2.45) is 0 Å². The van der Waals surface area contributed by atoms with Gasteiger partial charge in [-0.05, 0) is 31.0 Å². The number of pyridine rings is 1. The first kappa shape index (κ1) is 12.4. The van der Waals surface area contributed by atoms with Crippen LogP contribution in [0.25, 0.3) is 10.9 Å². The van der Waals surface area contributed by atoms with Gasteiger partial charge in [0, 0.05) is 5.39 Å². The first-order valence-electron chi connectivity index (χ1n) is 5.97. The van der Waals surface area contributed by atoms with Crippen molar-refractivity contribution in [1.29, 1.82) is 0 Å². The van der Waals surface area contributed by atoms with Crippen LogP contribution in [0, 0.1) is 6.92 Å².